The second-order valence-corrected chi connectivity index (χ2v) is 7.50. The van der Waals surface area contributed by atoms with E-state index in [2.05, 4.69) is 10.6 Å². The fourth-order valence-electron chi connectivity index (χ4n) is 2.72. The first-order chi connectivity index (χ1) is 15.9. The molecule has 0 aliphatic carbocycles. The largest absolute Gasteiger partial charge is 0.508 e. The van der Waals surface area contributed by atoms with Crippen LogP contribution in [0.15, 0.2) is 72.3 Å². The molecule has 0 aromatic heterocycles. The van der Waals surface area contributed by atoms with Gasteiger partial charge >= 0.3 is 0 Å². The van der Waals surface area contributed by atoms with Crippen molar-refractivity contribution in [1.29, 1.82) is 5.26 Å². The number of phenolic OH excluding ortho intramolecular Hbond substituents is 1. The molecule has 0 aliphatic rings. The lowest BCUT2D eigenvalue weighted by Crippen LogP contribution is -2.20. The Balaban J connectivity index is 1.69. The predicted octanol–water partition coefficient (Wildman–Crippen LogP) is 5.26. The van der Waals surface area contributed by atoms with Crippen LogP contribution in [-0.4, -0.2) is 23.5 Å². The van der Waals surface area contributed by atoms with Crippen molar-refractivity contribution in [3.8, 4) is 17.6 Å². The van der Waals surface area contributed by atoms with Gasteiger partial charge in [0.25, 0.3) is 11.8 Å². The van der Waals surface area contributed by atoms with Gasteiger partial charge in [-0.05, 0) is 60.2 Å². The summed E-state index contributed by atoms with van der Waals surface area (Å²) in [5.74, 6) is -0.887. The van der Waals surface area contributed by atoms with Gasteiger partial charge in [-0.25, -0.2) is 0 Å². The van der Waals surface area contributed by atoms with Crippen LogP contribution >= 0.6 is 23.2 Å². The van der Waals surface area contributed by atoms with Crippen molar-refractivity contribution in [2.24, 2.45) is 0 Å². The molecular formula is C24H17Cl2N3O4. The van der Waals surface area contributed by atoms with Crippen molar-refractivity contribution >= 4 is 52.5 Å². The van der Waals surface area contributed by atoms with Gasteiger partial charge in [0.05, 0.1) is 10.0 Å². The zero-order valence-electron chi connectivity index (χ0n) is 17.0. The van der Waals surface area contributed by atoms with E-state index < -0.39 is 11.8 Å². The minimum Gasteiger partial charge on any atom is -0.508 e. The summed E-state index contributed by atoms with van der Waals surface area (Å²) in [6, 6.07) is 19.4. The minimum absolute atomic E-state index is 0.0492. The molecule has 0 heterocycles. The van der Waals surface area contributed by atoms with E-state index in [1.807, 2.05) is 12.1 Å². The number of nitriles is 1. The van der Waals surface area contributed by atoms with Gasteiger partial charge in [0, 0.05) is 11.4 Å². The molecule has 2 amide bonds. The Hall–Kier alpha value is -3.99. The normalized spacial score (nSPS) is 10.8. The summed E-state index contributed by atoms with van der Waals surface area (Å²) in [6.45, 7) is -0.317. The first-order valence-corrected chi connectivity index (χ1v) is 10.3. The Morgan fingerprint density at radius 3 is 2.18 bits per heavy atom. The Kier molecular flexibility index (Phi) is 7.92. The maximum absolute atomic E-state index is 12.4. The molecule has 0 saturated heterocycles. The van der Waals surface area contributed by atoms with Gasteiger partial charge < -0.3 is 20.5 Å². The van der Waals surface area contributed by atoms with E-state index in [0.29, 0.717) is 16.9 Å². The number of hydrogen-bond donors (Lipinski definition) is 3. The van der Waals surface area contributed by atoms with Crippen LogP contribution in [0.25, 0.3) is 6.08 Å². The highest BCUT2D eigenvalue weighted by Gasteiger charge is 2.14. The van der Waals surface area contributed by atoms with Crippen LogP contribution in [0.3, 0.4) is 0 Å². The van der Waals surface area contributed by atoms with Gasteiger partial charge in [0.15, 0.2) is 12.4 Å². The third kappa shape index (κ3) is 6.74. The minimum atomic E-state index is -0.645. The van der Waals surface area contributed by atoms with E-state index >= 15 is 0 Å². The van der Waals surface area contributed by atoms with E-state index in [9.17, 15) is 20.0 Å². The van der Waals surface area contributed by atoms with E-state index in [1.165, 1.54) is 42.5 Å². The number of carbonyl (C=O) groups excluding carboxylic acids is 2. The standard InChI is InChI=1S/C24H17Cl2N3O4/c25-20-11-15(10-16(13-27)24(32)29-18-6-8-19(30)9-7-18)12-21(26)23(20)33-14-22(31)28-17-4-2-1-3-5-17/h1-12,30H,14H2,(H,28,31)(H,29,32)/b16-10+. The Morgan fingerprint density at radius 1 is 0.970 bits per heavy atom. The van der Waals surface area contributed by atoms with Crippen molar-refractivity contribution in [3.63, 3.8) is 0 Å². The van der Waals surface area contributed by atoms with Gasteiger partial charge in [-0.3, -0.25) is 9.59 Å². The summed E-state index contributed by atoms with van der Waals surface area (Å²) in [5, 5.41) is 24.2. The SMILES string of the molecule is N#C/C(=C\c1cc(Cl)c(OCC(=O)Nc2ccccc2)c(Cl)c1)C(=O)Nc1ccc(O)cc1. The summed E-state index contributed by atoms with van der Waals surface area (Å²) in [4.78, 5) is 24.5. The zero-order chi connectivity index (χ0) is 23.8. The van der Waals surface area contributed by atoms with E-state index in [1.54, 1.807) is 24.3 Å². The Labute approximate surface area is 199 Å². The fourth-order valence-corrected chi connectivity index (χ4v) is 3.33. The second kappa shape index (κ2) is 11.0. The number of aromatic hydroxyl groups is 1. The highest BCUT2D eigenvalue weighted by atomic mass is 35.5. The van der Waals surface area contributed by atoms with Gasteiger partial charge in [0.2, 0.25) is 0 Å². The molecule has 0 saturated carbocycles. The quantitative estimate of drug-likeness (QED) is 0.242. The number of nitrogens with zero attached hydrogens (tertiary/aromatic N) is 1. The molecule has 0 radical (unpaired) electrons. The van der Waals surface area contributed by atoms with E-state index in [-0.39, 0.29) is 33.7 Å². The van der Waals surface area contributed by atoms with Crippen LogP contribution < -0.4 is 15.4 Å². The monoisotopic (exact) mass is 481 g/mol. The molecule has 3 aromatic carbocycles. The summed E-state index contributed by atoms with van der Waals surface area (Å²) >= 11 is 12.5. The molecule has 0 aliphatic heterocycles. The number of hydrogen-bond acceptors (Lipinski definition) is 5. The number of amides is 2. The van der Waals surface area contributed by atoms with Crippen LogP contribution in [-0.2, 0) is 9.59 Å². The maximum atomic E-state index is 12.4. The number of carbonyl (C=O) groups is 2. The number of ether oxygens (including phenoxy) is 1. The average molecular weight is 482 g/mol. The smallest absolute Gasteiger partial charge is 0.266 e. The van der Waals surface area contributed by atoms with Crippen molar-refractivity contribution in [3.05, 3.63) is 87.9 Å². The molecule has 3 aromatic rings. The molecule has 166 valence electrons. The van der Waals surface area contributed by atoms with Crippen LogP contribution in [0.5, 0.6) is 11.5 Å². The first-order valence-electron chi connectivity index (χ1n) is 9.54. The fraction of sp³-hybridized carbons (Fsp3) is 0.0417. The number of halogens is 2. The highest BCUT2D eigenvalue weighted by Crippen LogP contribution is 2.35. The predicted molar refractivity (Wildman–Crippen MR) is 127 cm³/mol. The molecule has 0 unspecified atom stereocenters. The first kappa shape index (κ1) is 23.7. The third-order valence-electron chi connectivity index (χ3n) is 4.23. The summed E-state index contributed by atoms with van der Waals surface area (Å²) in [7, 11) is 0. The van der Waals surface area contributed by atoms with Gasteiger partial charge in [-0.15, -0.1) is 0 Å². The number of phenols is 1. The van der Waals surface area contributed by atoms with Crippen molar-refractivity contribution in [2.75, 3.05) is 17.2 Å². The van der Waals surface area contributed by atoms with Gasteiger partial charge in [-0.2, -0.15) is 5.26 Å². The number of anilines is 2. The maximum Gasteiger partial charge on any atom is 0.266 e. The molecule has 3 N–H and O–H groups in total. The summed E-state index contributed by atoms with van der Waals surface area (Å²) in [5.41, 5.74) is 1.24. The van der Waals surface area contributed by atoms with Gasteiger partial charge in [-0.1, -0.05) is 41.4 Å². The van der Waals surface area contributed by atoms with Crippen LogP contribution in [0.4, 0.5) is 11.4 Å². The number of benzene rings is 3. The molecule has 9 heteroatoms. The van der Waals surface area contributed by atoms with Crippen molar-refractivity contribution < 1.29 is 19.4 Å². The van der Waals surface area contributed by atoms with Crippen molar-refractivity contribution in [1.82, 2.24) is 0 Å². The lowest BCUT2D eigenvalue weighted by Gasteiger charge is -2.11. The topological polar surface area (TPSA) is 111 Å². The van der Waals surface area contributed by atoms with E-state index in [0.717, 1.165) is 0 Å². The lowest BCUT2D eigenvalue weighted by molar-refractivity contribution is -0.118. The zero-order valence-corrected chi connectivity index (χ0v) is 18.5. The summed E-state index contributed by atoms with van der Waals surface area (Å²) in [6.07, 6.45) is 1.32. The molecule has 7 nitrogen and oxygen atoms in total. The Bertz CT molecular complexity index is 1210. The van der Waals surface area contributed by atoms with E-state index in [4.69, 9.17) is 27.9 Å². The van der Waals surface area contributed by atoms with Crippen molar-refractivity contribution in [2.45, 2.75) is 0 Å². The molecular weight excluding hydrogens is 465 g/mol. The second-order valence-electron chi connectivity index (χ2n) is 6.69. The van der Waals surface area contributed by atoms with Crippen LogP contribution in [0.2, 0.25) is 10.0 Å². The molecule has 33 heavy (non-hydrogen) atoms. The summed E-state index contributed by atoms with van der Waals surface area (Å²) < 4.78 is 5.46. The third-order valence-corrected chi connectivity index (χ3v) is 4.79. The number of rotatable bonds is 7. The molecule has 0 bridgehead atoms. The molecule has 0 spiro atoms. The molecule has 0 fully saturated rings. The van der Waals surface area contributed by atoms with Gasteiger partial charge in [0.1, 0.15) is 17.4 Å². The molecule has 0 atom stereocenters. The number of para-hydroxylation sites is 1. The lowest BCUT2D eigenvalue weighted by atomic mass is 10.1. The highest BCUT2D eigenvalue weighted by molar-refractivity contribution is 6.37. The Morgan fingerprint density at radius 2 is 1.58 bits per heavy atom. The van der Waals surface area contributed by atoms with Crippen LogP contribution in [0, 0.1) is 11.3 Å². The van der Waals surface area contributed by atoms with Crippen LogP contribution in [0.1, 0.15) is 5.56 Å². The average Bonchev–Trinajstić information content (AvgIpc) is 2.79. The number of nitrogens with one attached hydrogen (secondary N) is 2. The molecule has 3 rings (SSSR count).